The maximum atomic E-state index is 11.9. The van der Waals surface area contributed by atoms with Crippen molar-refractivity contribution in [3.8, 4) is 6.07 Å². The number of thioether (sulfide) groups is 1. The topological polar surface area (TPSA) is 70.0 Å². The van der Waals surface area contributed by atoms with Crippen molar-refractivity contribution in [3.05, 3.63) is 28.8 Å². The van der Waals surface area contributed by atoms with Crippen LogP contribution in [0.2, 0.25) is 5.02 Å². The van der Waals surface area contributed by atoms with Crippen LogP contribution in [-0.2, 0) is 10.0 Å². The van der Waals surface area contributed by atoms with E-state index >= 15 is 0 Å². The van der Waals surface area contributed by atoms with Crippen molar-refractivity contribution in [2.24, 2.45) is 0 Å². The minimum absolute atomic E-state index is 0.167. The van der Waals surface area contributed by atoms with Gasteiger partial charge in [0, 0.05) is 12.3 Å². The molecule has 0 aliphatic heterocycles. The number of halogens is 4. The first-order chi connectivity index (χ1) is 9.15. The van der Waals surface area contributed by atoms with Crippen molar-refractivity contribution >= 4 is 33.4 Å². The molecule has 0 aromatic heterocycles. The van der Waals surface area contributed by atoms with Gasteiger partial charge in [0.25, 0.3) is 0 Å². The van der Waals surface area contributed by atoms with Gasteiger partial charge in [-0.2, -0.15) is 18.4 Å². The minimum Gasteiger partial charge on any atom is -0.210 e. The molecule has 10 heteroatoms. The molecule has 0 unspecified atom stereocenters. The SMILES string of the molecule is N#Cc1ccc(S(=O)(=O)NCCSC(F)(F)F)c(Cl)c1. The number of hydrogen-bond donors (Lipinski definition) is 1. The predicted octanol–water partition coefficient (Wildman–Crippen LogP) is 2.74. The van der Waals surface area contributed by atoms with Crippen molar-refractivity contribution in [2.45, 2.75) is 10.4 Å². The van der Waals surface area contributed by atoms with Crippen molar-refractivity contribution < 1.29 is 21.6 Å². The Morgan fingerprint density at radius 2 is 2.05 bits per heavy atom. The molecule has 20 heavy (non-hydrogen) atoms. The number of rotatable bonds is 5. The molecule has 1 aromatic rings. The summed E-state index contributed by atoms with van der Waals surface area (Å²) in [5.74, 6) is -0.448. The highest BCUT2D eigenvalue weighted by Crippen LogP contribution is 2.29. The molecule has 0 amide bonds. The average molecular weight is 345 g/mol. The van der Waals surface area contributed by atoms with Crippen LogP contribution in [0.3, 0.4) is 0 Å². The third-order valence-corrected chi connectivity index (χ3v) is 4.69. The Morgan fingerprint density at radius 1 is 1.40 bits per heavy atom. The van der Waals surface area contributed by atoms with E-state index in [9.17, 15) is 21.6 Å². The highest BCUT2D eigenvalue weighted by Gasteiger charge is 2.28. The van der Waals surface area contributed by atoms with Gasteiger partial charge in [0.1, 0.15) is 4.90 Å². The van der Waals surface area contributed by atoms with E-state index < -0.39 is 21.3 Å². The number of sulfonamides is 1. The van der Waals surface area contributed by atoms with Crippen LogP contribution in [0.25, 0.3) is 0 Å². The molecule has 0 atom stereocenters. The fraction of sp³-hybridized carbons (Fsp3) is 0.300. The van der Waals surface area contributed by atoms with Crippen LogP contribution in [0.15, 0.2) is 23.1 Å². The van der Waals surface area contributed by atoms with E-state index in [4.69, 9.17) is 16.9 Å². The standard InChI is InChI=1S/C10H8ClF3N2O2S2/c11-8-5-7(6-15)1-2-9(8)20(17,18)16-3-4-19-10(12,13)14/h1-2,5,16H,3-4H2. The molecule has 0 radical (unpaired) electrons. The number of nitriles is 1. The van der Waals surface area contributed by atoms with Gasteiger partial charge >= 0.3 is 5.51 Å². The van der Waals surface area contributed by atoms with Crippen LogP contribution in [0.5, 0.6) is 0 Å². The number of benzene rings is 1. The van der Waals surface area contributed by atoms with E-state index in [1.807, 2.05) is 4.72 Å². The zero-order chi connectivity index (χ0) is 15.4. The number of hydrogen-bond acceptors (Lipinski definition) is 4. The van der Waals surface area contributed by atoms with Crippen LogP contribution in [0, 0.1) is 11.3 Å². The number of nitrogens with zero attached hydrogens (tertiary/aromatic N) is 1. The summed E-state index contributed by atoms with van der Waals surface area (Å²) < 4.78 is 61.3. The molecular formula is C10H8ClF3N2O2S2. The molecule has 110 valence electrons. The monoisotopic (exact) mass is 344 g/mol. The normalized spacial score (nSPS) is 12.2. The molecular weight excluding hydrogens is 337 g/mol. The second-order valence-corrected chi connectivity index (χ2v) is 6.75. The predicted molar refractivity (Wildman–Crippen MR) is 69.9 cm³/mol. The third kappa shape index (κ3) is 5.20. The lowest BCUT2D eigenvalue weighted by Crippen LogP contribution is -2.27. The van der Waals surface area contributed by atoms with E-state index in [2.05, 4.69) is 0 Å². The van der Waals surface area contributed by atoms with E-state index in [1.54, 1.807) is 6.07 Å². The summed E-state index contributed by atoms with van der Waals surface area (Å²) in [6.45, 7) is -0.386. The van der Waals surface area contributed by atoms with Crippen LogP contribution >= 0.6 is 23.4 Å². The van der Waals surface area contributed by atoms with Crippen molar-refractivity contribution in [1.82, 2.24) is 4.72 Å². The van der Waals surface area contributed by atoms with Crippen LogP contribution in [0.4, 0.5) is 13.2 Å². The first-order valence-corrected chi connectivity index (χ1v) is 7.90. The van der Waals surface area contributed by atoms with Gasteiger partial charge in [-0.25, -0.2) is 13.1 Å². The largest absolute Gasteiger partial charge is 0.441 e. The molecule has 4 nitrogen and oxygen atoms in total. The molecule has 1 aromatic carbocycles. The first kappa shape index (κ1) is 17.1. The second kappa shape index (κ2) is 6.67. The maximum Gasteiger partial charge on any atom is 0.441 e. The van der Waals surface area contributed by atoms with E-state index in [-0.39, 0.29) is 33.8 Å². The molecule has 1 rings (SSSR count). The van der Waals surface area contributed by atoms with E-state index in [0.717, 1.165) is 6.07 Å². The lowest BCUT2D eigenvalue weighted by atomic mass is 10.2. The second-order valence-electron chi connectivity index (χ2n) is 3.45. The van der Waals surface area contributed by atoms with Gasteiger partial charge in [-0.15, -0.1) is 0 Å². The Kier molecular flexibility index (Phi) is 5.70. The van der Waals surface area contributed by atoms with Gasteiger partial charge in [-0.1, -0.05) is 11.6 Å². The zero-order valence-corrected chi connectivity index (χ0v) is 12.1. The molecule has 0 heterocycles. The Labute approximate surface area is 123 Å². The molecule has 0 fully saturated rings. The molecule has 1 N–H and O–H groups in total. The quantitative estimate of drug-likeness (QED) is 0.834. The highest BCUT2D eigenvalue weighted by molar-refractivity contribution is 8.00. The van der Waals surface area contributed by atoms with Crippen LogP contribution in [0.1, 0.15) is 5.56 Å². The molecule has 0 saturated heterocycles. The smallest absolute Gasteiger partial charge is 0.210 e. The summed E-state index contributed by atoms with van der Waals surface area (Å²) in [7, 11) is -4.01. The Bertz CT molecular complexity index is 626. The van der Waals surface area contributed by atoms with Gasteiger partial charge in [-0.05, 0) is 30.0 Å². The van der Waals surface area contributed by atoms with Gasteiger partial charge in [0.15, 0.2) is 0 Å². The highest BCUT2D eigenvalue weighted by atomic mass is 35.5. The Morgan fingerprint density at radius 3 is 2.55 bits per heavy atom. The zero-order valence-electron chi connectivity index (χ0n) is 9.74. The fourth-order valence-corrected chi connectivity index (χ4v) is 3.35. The Balaban J connectivity index is 2.73. The lowest BCUT2D eigenvalue weighted by Gasteiger charge is -2.09. The fourth-order valence-electron chi connectivity index (χ4n) is 1.21. The molecule has 0 aliphatic carbocycles. The molecule has 0 bridgehead atoms. The summed E-state index contributed by atoms with van der Waals surface area (Å²) in [5.41, 5.74) is -4.22. The minimum atomic E-state index is -4.41. The van der Waals surface area contributed by atoms with Crippen molar-refractivity contribution in [1.29, 1.82) is 5.26 Å². The van der Waals surface area contributed by atoms with Crippen LogP contribution in [-0.4, -0.2) is 26.2 Å². The average Bonchev–Trinajstić information content (AvgIpc) is 2.33. The molecule has 0 saturated carbocycles. The number of alkyl halides is 3. The summed E-state index contributed by atoms with van der Waals surface area (Å²) in [5, 5.41) is 8.46. The van der Waals surface area contributed by atoms with E-state index in [1.165, 1.54) is 12.1 Å². The summed E-state index contributed by atoms with van der Waals surface area (Å²) in [4.78, 5) is -0.282. The van der Waals surface area contributed by atoms with E-state index in [0.29, 0.717) is 0 Å². The van der Waals surface area contributed by atoms with Gasteiger partial charge < -0.3 is 0 Å². The molecule has 0 spiro atoms. The number of nitrogens with one attached hydrogen (secondary N) is 1. The van der Waals surface area contributed by atoms with Crippen molar-refractivity contribution in [3.63, 3.8) is 0 Å². The third-order valence-electron chi connectivity index (χ3n) is 2.01. The van der Waals surface area contributed by atoms with Crippen molar-refractivity contribution in [2.75, 3.05) is 12.3 Å². The lowest BCUT2D eigenvalue weighted by molar-refractivity contribution is -0.0327. The van der Waals surface area contributed by atoms with Gasteiger partial charge in [-0.3, -0.25) is 0 Å². The maximum absolute atomic E-state index is 11.9. The molecule has 0 aliphatic rings. The summed E-state index contributed by atoms with van der Waals surface area (Å²) >= 11 is 5.40. The Hall–Kier alpha value is -0.950. The summed E-state index contributed by atoms with van der Waals surface area (Å²) in [6, 6.07) is 5.33. The van der Waals surface area contributed by atoms with Crippen LogP contribution < -0.4 is 4.72 Å². The van der Waals surface area contributed by atoms with Gasteiger partial charge in [0.2, 0.25) is 10.0 Å². The summed E-state index contributed by atoms with van der Waals surface area (Å²) in [6.07, 6.45) is 0. The van der Waals surface area contributed by atoms with Gasteiger partial charge in [0.05, 0.1) is 16.7 Å². The first-order valence-electron chi connectivity index (χ1n) is 5.06.